The molecule has 1 aliphatic carbocycles. The highest BCUT2D eigenvalue weighted by Gasteiger charge is 2.24. The Kier molecular flexibility index (Phi) is 6.42. The summed E-state index contributed by atoms with van der Waals surface area (Å²) in [6.07, 6.45) is 3.07. The average Bonchev–Trinajstić information content (AvgIpc) is 3.11. The number of amides is 1. The first-order valence-electron chi connectivity index (χ1n) is 9.20. The maximum absolute atomic E-state index is 14.1. The average molecular weight is 400 g/mol. The third-order valence-corrected chi connectivity index (χ3v) is 5.97. The Hall–Kier alpha value is -2.72. The van der Waals surface area contributed by atoms with Gasteiger partial charge in [-0.3, -0.25) is 4.79 Å². The number of para-hydroxylation sites is 1. The molecule has 0 saturated heterocycles. The van der Waals surface area contributed by atoms with Crippen LogP contribution in [-0.4, -0.2) is 25.0 Å². The van der Waals surface area contributed by atoms with Crippen molar-refractivity contribution in [1.29, 1.82) is 5.26 Å². The van der Waals surface area contributed by atoms with E-state index < -0.39 is 24.3 Å². The molecule has 1 aromatic carbocycles. The molecule has 0 unspecified atom stereocenters. The van der Waals surface area contributed by atoms with Gasteiger partial charge in [0.05, 0.1) is 18.2 Å². The summed E-state index contributed by atoms with van der Waals surface area (Å²) in [6, 6.07) is 9.62. The standard InChI is InChI=1S/C21H21FN2O3S/c1-14-7-8-18-15(11-14)12-19(28-18)21(26)27-13-20(25)24(10-4-9-23)17-6-3-2-5-16(17)22/h2-3,5-6,12,14H,4,7-8,10-11,13H2,1H3/t14-/m1/s1. The third-order valence-electron chi connectivity index (χ3n) is 4.75. The number of fused-ring (bicyclic) bond motifs is 1. The molecular formula is C21H21FN2O3S. The smallest absolute Gasteiger partial charge is 0.348 e. The molecular weight excluding hydrogens is 379 g/mol. The zero-order valence-corrected chi connectivity index (χ0v) is 16.4. The zero-order chi connectivity index (χ0) is 20.1. The Morgan fingerprint density at radius 3 is 2.93 bits per heavy atom. The van der Waals surface area contributed by atoms with Gasteiger partial charge in [-0.25, -0.2) is 9.18 Å². The van der Waals surface area contributed by atoms with Crippen LogP contribution in [0.25, 0.3) is 0 Å². The minimum Gasteiger partial charge on any atom is -0.451 e. The summed E-state index contributed by atoms with van der Waals surface area (Å²) in [6.45, 7) is 1.71. The van der Waals surface area contributed by atoms with E-state index in [1.165, 1.54) is 40.0 Å². The monoisotopic (exact) mass is 400 g/mol. The second-order valence-corrected chi connectivity index (χ2v) is 8.02. The van der Waals surface area contributed by atoms with E-state index in [1.54, 1.807) is 6.07 Å². The number of anilines is 1. The molecule has 0 spiro atoms. The van der Waals surface area contributed by atoms with Crippen molar-refractivity contribution in [3.63, 3.8) is 0 Å². The van der Waals surface area contributed by atoms with Gasteiger partial charge in [-0.2, -0.15) is 5.26 Å². The fourth-order valence-electron chi connectivity index (χ4n) is 3.29. The van der Waals surface area contributed by atoms with E-state index in [4.69, 9.17) is 10.00 Å². The number of benzene rings is 1. The van der Waals surface area contributed by atoms with E-state index in [-0.39, 0.29) is 18.7 Å². The van der Waals surface area contributed by atoms with Crippen molar-refractivity contribution >= 4 is 28.9 Å². The van der Waals surface area contributed by atoms with Gasteiger partial charge in [0, 0.05) is 11.4 Å². The van der Waals surface area contributed by atoms with Crippen LogP contribution in [0.3, 0.4) is 0 Å². The van der Waals surface area contributed by atoms with Crippen LogP contribution in [0.4, 0.5) is 10.1 Å². The summed E-state index contributed by atoms with van der Waals surface area (Å²) >= 11 is 1.42. The van der Waals surface area contributed by atoms with E-state index in [9.17, 15) is 14.0 Å². The lowest BCUT2D eigenvalue weighted by Gasteiger charge is -2.22. The number of ether oxygens (including phenoxy) is 1. The molecule has 1 amide bonds. The zero-order valence-electron chi connectivity index (χ0n) is 15.6. The second-order valence-electron chi connectivity index (χ2n) is 6.89. The molecule has 0 aliphatic heterocycles. The summed E-state index contributed by atoms with van der Waals surface area (Å²) in [5.74, 6) is -1.08. The number of hydrogen-bond acceptors (Lipinski definition) is 5. The van der Waals surface area contributed by atoms with Gasteiger partial charge < -0.3 is 9.64 Å². The van der Waals surface area contributed by atoms with E-state index in [0.29, 0.717) is 10.8 Å². The predicted octanol–water partition coefficient (Wildman–Crippen LogP) is 4.12. The highest BCUT2D eigenvalue weighted by molar-refractivity contribution is 7.14. The lowest BCUT2D eigenvalue weighted by atomic mass is 9.90. The van der Waals surface area contributed by atoms with Gasteiger partial charge in [0.2, 0.25) is 0 Å². The normalized spacial score (nSPS) is 15.4. The topological polar surface area (TPSA) is 70.4 Å². The predicted molar refractivity (Wildman–Crippen MR) is 105 cm³/mol. The number of carbonyl (C=O) groups is 2. The van der Waals surface area contributed by atoms with Crippen molar-refractivity contribution in [2.75, 3.05) is 18.1 Å². The molecule has 1 atom stereocenters. The minimum atomic E-state index is -0.569. The van der Waals surface area contributed by atoms with Crippen LogP contribution in [0.5, 0.6) is 0 Å². The summed E-state index contributed by atoms with van der Waals surface area (Å²) in [5.41, 5.74) is 1.25. The summed E-state index contributed by atoms with van der Waals surface area (Å²) < 4.78 is 19.3. The number of rotatable bonds is 6. The molecule has 146 valence electrons. The number of nitrogens with zero attached hydrogens (tertiary/aromatic N) is 2. The van der Waals surface area contributed by atoms with Crippen LogP contribution in [0, 0.1) is 23.1 Å². The van der Waals surface area contributed by atoms with E-state index in [2.05, 4.69) is 6.92 Å². The maximum atomic E-state index is 14.1. The Morgan fingerprint density at radius 1 is 1.39 bits per heavy atom. The third kappa shape index (κ3) is 4.57. The van der Waals surface area contributed by atoms with Crippen molar-refractivity contribution in [1.82, 2.24) is 0 Å². The molecule has 0 radical (unpaired) electrons. The number of halogens is 1. The van der Waals surface area contributed by atoms with Crippen molar-refractivity contribution in [3.05, 3.63) is 51.5 Å². The van der Waals surface area contributed by atoms with Gasteiger partial charge in [0.15, 0.2) is 6.61 Å². The molecule has 0 N–H and O–H groups in total. The molecule has 1 aliphatic rings. The van der Waals surface area contributed by atoms with Crippen molar-refractivity contribution in [2.45, 2.75) is 32.6 Å². The van der Waals surface area contributed by atoms with Crippen LogP contribution in [0.15, 0.2) is 30.3 Å². The first-order chi connectivity index (χ1) is 13.5. The van der Waals surface area contributed by atoms with Crippen LogP contribution in [-0.2, 0) is 22.4 Å². The maximum Gasteiger partial charge on any atom is 0.348 e. The van der Waals surface area contributed by atoms with Gasteiger partial charge in [-0.15, -0.1) is 11.3 Å². The number of aryl methyl sites for hydroxylation is 1. The first kappa shape index (κ1) is 20.0. The van der Waals surface area contributed by atoms with Crippen LogP contribution in [0.1, 0.15) is 39.9 Å². The molecule has 1 heterocycles. The van der Waals surface area contributed by atoms with Crippen molar-refractivity contribution in [3.8, 4) is 6.07 Å². The van der Waals surface area contributed by atoms with E-state index in [1.807, 2.05) is 12.1 Å². The Balaban J connectivity index is 1.66. The van der Waals surface area contributed by atoms with Gasteiger partial charge in [0.1, 0.15) is 10.7 Å². The minimum absolute atomic E-state index is 0.0268. The molecule has 3 rings (SSSR count). The van der Waals surface area contributed by atoms with Gasteiger partial charge >= 0.3 is 5.97 Å². The Bertz CT molecular complexity index is 919. The molecule has 5 nitrogen and oxygen atoms in total. The Morgan fingerprint density at radius 2 is 2.18 bits per heavy atom. The quantitative estimate of drug-likeness (QED) is 0.684. The molecule has 0 bridgehead atoms. The number of esters is 1. The SMILES string of the molecule is C[C@@H]1CCc2sc(C(=O)OCC(=O)N(CCC#N)c3ccccc3F)cc2C1. The number of carbonyl (C=O) groups excluding carboxylic acids is 2. The van der Waals surface area contributed by atoms with Crippen molar-refractivity contribution < 1.29 is 18.7 Å². The lowest BCUT2D eigenvalue weighted by Crippen LogP contribution is -2.36. The van der Waals surface area contributed by atoms with Crippen LogP contribution in [0.2, 0.25) is 0 Å². The highest BCUT2D eigenvalue weighted by Crippen LogP contribution is 2.32. The van der Waals surface area contributed by atoms with E-state index in [0.717, 1.165) is 24.2 Å². The van der Waals surface area contributed by atoms with Crippen LogP contribution >= 0.6 is 11.3 Å². The molecule has 0 saturated carbocycles. The fourth-order valence-corrected chi connectivity index (χ4v) is 4.40. The lowest BCUT2D eigenvalue weighted by molar-refractivity contribution is -0.121. The molecule has 2 aromatic rings. The summed E-state index contributed by atoms with van der Waals surface area (Å²) in [7, 11) is 0. The fraction of sp³-hybridized carbons (Fsp3) is 0.381. The summed E-state index contributed by atoms with van der Waals surface area (Å²) in [5, 5.41) is 8.81. The van der Waals surface area contributed by atoms with Crippen LogP contribution < -0.4 is 4.90 Å². The first-order valence-corrected chi connectivity index (χ1v) is 10.0. The van der Waals surface area contributed by atoms with Gasteiger partial charge in [-0.1, -0.05) is 19.1 Å². The molecule has 28 heavy (non-hydrogen) atoms. The molecule has 0 fully saturated rings. The highest BCUT2D eigenvalue weighted by atomic mass is 32.1. The van der Waals surface area contributed by atoms with Gasteiger partial charge in [-0.05, 0) is 48.9 Å². The number of hydrogen-bond donors (Lipinski definition) is 0. The second kappa shape index (κ2) is 8.98. The number of nitriles is 1. The summed E-state index contributed by atoms with van der Waals surface area (Å²) in [4.78, 5) is 27.8. The molecule has 7 heteroatoms. The molecule has 1 aromatic heterocycles. The van der Waals surface area contributed by atoms with Gasteiger partial charge in [0.25, 0.3) is 5.91 Å². The largest absolute Gasteiger partial charge is 0.451 e. The Labute approximate surface area is 167 Å². The van der Waals surface area contributed by atoms with E-state index >= 15 is 0 Å². The number of thiophene rings is 1. The van der Waals surface area contributed by atoms with Crippen molar-refractivity contribution in [2.24, 2.45) is 5.92 Å².